The van der Waals surface area contributed by atoms with Gasteiger partial charge in [-0.2, -0.15) is 0 Å². The van der Waals surface area contributed by atoms with Crippen LogP contribution in [0.3, 0.4) is 0 Å². The van der Waals surface area contributed by atoms with Crippen LogP contribution in [0.5, 0.6) is 0 Å². The van der Waals surface area contributed by atoms with Gasteiger partial charge in [-0.3, -0.25) is 0 Å². The molecule has 2 atom stereocenters. The van der Waals surface area contributed by atoms with Gasteiger partial charge in [-0.05, 0) is 44.6 Å². The summed E-state index contributed by atoms with van der Waals surface area (Å²) in [5.41, 5.74) is 1.13. The van der Waals surface area contributed by atoms with Crippen LogP contribution < -0.4 is 5.32 Å². The Morgan fingerprint density at radius 2 is 2.17 bits per heavy atom. The van der Waals surface area contributed by atoms with Crippen molar-refractivity contribution in [3.63, 3.8) is 0 Å². The summed E-state index contributed by atoms with van der Waals surface area (Å²) in [6.45, 7) is 5.62. The zero-order chi connectivity index (χ0) is 12.9. The van der Waals surface area contributed by atoms with Crippen LogP contribution in [0.4, 0.5) is 9.39 Å². The first-order valence-corrected chi connectivity index (χ1v) is 7.73. The molecule has 1 aromatic rings. The zero-order valence-electron chi connectivity index (χ0n) is 10.6. The Hall–Kier alpha value is -0.480. The topological polar surface area (TPSA) is 12.0 Å². The maximum Gasteiger partial charge on any atom is 0.117 e. The van der Waals surface area contributed by atoms with E-state index in [-0.39, 0.29) is 5.92 Å². The summed E-state index contributed by atoms with van der Waals surface area (Å²) in [6, 6.07) is 0. The van der Waals surface area contributed by atoms with Crippen molar-refractivity contribution in [2.24, 2.45) is 5.92 Å². The van der Waals surface area contributed by atoms with E-state index in [0.29, 0.717) is 6.42 Å². The first-order valence-electron chi connectivity index (χ1n) is 6.47. The number of fused-ring (bicyclic) bond motifs is 1. The fourth-order valence-corrected chi connectivity index (χ4v) is 4.43. The fourth-order valence-electron chi connectivity index (χ4n) is 2.69. The monoisotopic (exact) mass is 283 g/mol. The molecule has 98 valence electrons. The van der Waals surface area contributed by atoms with E-state index in [2.05, 4.69) is 24.5 Å². The van der Waals surface area contributed by atoms with Gasteiger partial charge in [0, 0.05) is 21.4 Å². The molecule has 0 amide bonds. The third kappa shape index (κ3) is 2.10. The minimum absolute atomic E-state index is 0.0376. The quantitative estimate of drug-likeness (QED) is 0.773. The Morgan fingerprint density at radius 3 is 2.78 bits per heavy atom. The molecule has 1 heterocycles. The van der Waals surface area contributed by atoms with Gasteiger partial charge in [0.2, 0.25) is 0 Å². The van der Waals surface area contributed by atoms with E-state index in [0.717, 1.165) is 28.4 Å². The maximum atomic E-state index is 13.6. The van der Waals surface area contributed by atoms with Crippen molar-refractivity contribution in [1.82, 2.24) is 0 Å². The zero-order valence-corrected chi connectivity index (χ0v) is 12.3. The highest BCUT2D eigenvalue weighted by Crippen LogP contribution is 2.51. The largest absolute Gasteiger partial charge is 0.350 e. The van der Waals surface area contributed by atoms with Crippen LogP contribution in [0.2, 0.25) is 0 Å². The molecule has 2 unspecified atom stereocenters. The molecule has 1 nitrogen and oxygen atoms in total. The molecule has 4 heteroatoms. The molecule has 18 heavy (non-hydrogen) atoms. The molecule has 0 aliphatic heterocycles. The van der Waals surface area contributed by atoms with Crippen LogP contribution in [-0.4, -0.2) is 5.67 Å². The number of hydrogen-bond donors (Lipinski definition) is 2. The van der Waals surface area contributed by atoms with Gasteiger partial charge < -0.3 is 5.32 Å². The van der Waals surface area contributed by atoms with Crippen molar-refractivity contribution >= 4 is 29.0 Å². The van der Waals surface area contributed by atoms with Crippen molar-refractivity contribution in [3.8, 4) is 0 Å². The SMILES string of the molecule is C=C(Nc1sc2c(c1S)CCCC2)C1CC1(C)F. The lowest BCUT2D eigenvalue weighted by Crippen LogP contribution is -2.05. The molecular formula is C14H18FNS2. The molecule has 0 spiro atoms. The van der Waals surface area contributed by atoms with Gasteiger partial charge in [-0.1, -0.05) is 6.58 Å². The van der Waals surface area contributed by atoms with Crippen LogP contribution in [-0.2, 0) is 12.8 Å². The molecule has 1 aromatic heterocycles. The molecule has 2 aliphatic rings. The number of aryl methyl sites for hydroxylation is 1. The summed E-state index contributed by atoms with van der Waals surface area (Å²) in [6.07, 6.45) is 5.40. The molecule has 2 aliphatic carbocycles. The van der Waals surface area contributed by atoms with E-state index in [4.69, 9.17) is 0 Å². The number of anilines is 1. The minimum Gasteiger partial charge on any atom is -0.350 e. The van der Waals surface area contributed by atoms with Gasteiger partial charge in [0.05, 0.1) is 0 Å². The Balaban J connectivity index is 1.77. The van der Waals surface area contributed by atoms with Crippen molar-refractivity contribution in [2.45, 2.75) is 49.6 Å². The second-order valence-corrected chi connectivity index (χ2v) is 7.13. The lowest BCUT2D eigenvalue weighted by molar-refractivity contribution is 0.320. The van der Waals surface area contributed by atoms with Crippen molar-refractivity contribution in [3.05, 3.63) is 22.7 Å². The molecule has 1 N–H and O–H groups in total. The maximum absolute atomic E-state index is 13.6. The minimum atomic E-state index is -1.06. The average molecular weight is 283 g/mol. The summed E-state index contributed by atoms with van der Waals surface area (Å²) in [4.78, 5) is 2.50. The molecule has 1 saturated carbocycles. The molecule has 0 aromatic carbocycles. The molecule has 1 fully saturated rings. The number of thiol groups is 1. The van der Waals surface area contributed by atoms with E-state index >= 15 is 0 Å². The third-order valence-electron chi connectivity index (χ3n) is 4.01. The standard InChI is InChI=1S/C14H18FNS2/c1-8(10-7-14(10,2)15)16-13-12(17)9-5-3-4-6-11(9)18-13/h10,16-17H,1,3-7H2,2H3. The Bertz CT molecular complexity index is 504. The lowest BCUT2D eigenvalue weighted by Gasteiger charge is -2.10. The number of allylic oxidation sites excluding steroid dienone is 1. The predicted molar refractivity (Wildman–Crippen MR) is 78.6 cm³/mol. The molecule has 0 saturated heterocycles. The van der Waals surface area contributed by atoms with Crippen molar-refractivity contribution < 1.29 is 4.39 Å². The van der Waals surface area contributed by atoms with E-state index in [1.165, 1.54) is 23.3 Å². The second-order valence-electron chi connectivity index (χ2n) is 5.57. The van der Waals surface area contributed by atoms with Gasteiger partial charge in [0.25, 0.3) is 0 Å². The number of nitrogens with one attached hydrogen (secondary N) is 1. The van der Waals surface area contributed by atoms with E-state index in [1.807, 2.05) is 0 Å². The molecule has 0 bridgehead atoms. The lowest BCUT2D eigenvalue weighted by atomic mass is 9.99. The first kappa shape index (κ1) is 12.5. The van der Waals surface area contributed by atoms with Crippen LogP contribution in [0.25, 0.3) is 0 Å². The molecule has 3 rings (SSSR count). The third-order valence-corrected chi connectivity index (χ3v) is 5.86. The van der Waals surface area contributed by atoms with E-state index in [1.54, 1.807) is 18.3 Å². The Morgan fingerprint density at radius 1 is 1.50 bits per heavy atom. The highest BCUT2D eigenvalue weighted by Gasteiger charge is 2.52. The van der Waals surface area contributed by atoms with Crippen LogP contribution in [0, 0.1) is 5.92 Å². The normalized spacial score (nSPS) is 29.8. The highest BCUT2D eigenvalue weighted by atomic mass is 32.1. The van der Waals surface area contributed by atoms with Gasteiger partial charge in [0.1, 0.15) is 10.7 Å². The summed E-state index contributed by atoms with van der Waals surface area (Å²) >= 11 is 6.38. The second kappa shape index (κ2) is 4.27. The summed E-state index contributed by atoms with van der Waals surface area (Å²) in [5.74, 6) is -0.0376. The fraction of sp³-hybridized carbons (Fsp3) is 0.571. The molecular weight excluding hydrogens is 265 g/mol. The number of hydrogen-bond acceptors (Lipinski definition) is 3. The predicted octanol–water partition coefficient (Wildman–Crippen LogP) is 4.59. The van der Waals surface area contributed by atoms with Gasteiger partial charge in [-0.25, -0.2) is 4.39 Å². The van der Waals surface area contributed by atoms with E-state index in [9.17, 15) is 4.39 Å². The van der Waals surface area contributed by atoms with E-state index < -0.39 is 5.67 Å². The van der Waals surface area contributed by atoms with Crippen molar-refractivity contribution in [2.75, 3.05) is 5.32 Å². The van der Waals surface area contributed by atoms with Crippen LogP contribution in [0.15, 0.2) is 17.2 Å². The average Bonchev–Trinajstić information content (AvgIpc) is 2.86. The van der Waals surface area contributed by atoms with Gasteiger partial charge in [0.15, 0.2) is 0 Å². The number of thiophene rings is 1. The Kier molecular flexibility index (Phi) is 2.98. The van der Waals surface area contributed by atoms with Gasteiger partial charge in [-0.15, -0.1) is 24.0 Å². The summed E-state index contributed by atoms with van der Waals surface area (Å²) in [5, 5.41) is 4.35. The summed E-state index contributed by atoms with van der Waals surface area (Å²) < 4.78 is 13.6. The highest BCUT2D eigenvalue weighted by molar-refractivity contribution is 7.80. The smallest absolute Gasteiger partial charge is 0.117 e. The Labute approximate surface area is 117 Å². The van der Waals surface area contributed by atoms with Gasteiger partial charge >= 0.3 is 0 Å². The molecule has 0 radical (unpaired) electrons. The summed E-state index contributed by atoms with van der Waals surface area (Å²) in [7, 11) is 0. The first-order chi connectivity index (χ1) is 8.49. The number of halogens is 1. The van der Waals surface area contributed by atoms with Crippen LogP contribution >= 0.6 is 24.0 Å². The van der Waals surface area contributed by atoms with Crippen molar-refractivity contribution in [1.29, 1.82) is 0 Å². The number of rotatable bonds is 3. The number of alkyl halides is 1. The van der Waals surface area contributed by atoms with Crippen LogP contribution in [0.1, 0.15) is 36.6 Å².